The summed E-state index contributed by atoms with van der Waals surface area (Å²) in [5.74, 6) is -0.444. The van der Waals surface area contributed by atoms with E-state index in [2.05, 4.69) is 10.4 Å². The van der Waals surface area contributed by atoms with Gasteiger partial charge in [0.2, 0.25) is 0 Å². The first kappa shape index (κ1) is 19.1. The molecule has 4 rings (SSSR count). The Balaban J connectivity index is 1.78. The normalized spacial score (nSPS) is 11.3. The average molecular weight is 424 g/mol. The molecule has 0 saturated carbocycles. The molecule has 0 atom stereocenters. The quantitative estimate of drug-likeness (QED) is 0.520. The van der Waals surface area contributed by atoms with Crippen LogP contribution < -0.4 is 5.32 Å². The maximum absolute atomic E-state index is 13.1. The van der Waals surface area contributed by atoms with E-state index >= 15 is 0 Å². The number of carbonyl (C=O) groups excluding carboxylic acids is 1. The predicted molar refractivity (Wildman–Crippen MR) is 114 cm³/mol. The standard InChI is InChI=1S/C21H17N3O3S2/c1-29(26,27)20-12-6-5-10-16(20)22-21(25)18-14-17(19-11-7-13-28-19)23-24(18)15-8-3-2-4-9-15/h2-14H,1H3,(H,22,25). The fraction of sp³-hybridized carbons (Fsp3) is 0.0476. The Labute approximate surface area is 172 Å². The lowest BCUT2D eigenvalue weighted by molar-refractivity contribution is 0.101. The molecule has 1 N–H and O–H groups in total. The SMILES string of the molecule is CS(=O)(=O)c1ccccc1NC(=O)c1cc(-c2cccs2)nn1-c1ccccc1. The van der Waals surface area contributed by atoms with Gasteiger partial charge in [0.25, 0.3) is 5.91 Å². The van der Waals surface area contributed by atoms with E-state index in [0.29, 0.717) is 11.4 Å². The van der Waals surface area contributed by atoms with E-state index in [-0.39, 0.29) is 10.6 Å². The lowest BCUT2D eigenvalue weighted by atomic mass is 10.2. The first-order valence-electron chi connectivity index (χ1n) is 8.73. The van der Waals surface area contributed by atoms with Crippen molar-refractivity contribution in [3.8, 4) is 16.3 Å². The van der Waals surface area contributed by atoms with E-state index in [1.54, 1.807) is 28.9 Å². The van der Waals surface area contributed by atoms with Gasteiger partial charge in [0.05, 0.1) is 21.1 Å². The van der Waals surface area contributed by atoms with Crippen LogP contribution >= 0.6 is 11.3 Å². The summed E-state index contributed by atoms with van der Waals surface area (Å²) >= 11 is 1.53. The van der Waals surface area contributed by atoms with Gasteiger partial charge in [0.1, 0.15) is 11.4 Å². The van der Waals surface area contributed by atoms with Gasteiger partial charge in [0, 0.05) is 6.26 Å². The minimum Gasteiger partial charge on any atom is -0.319 e. The van der Waals surface area contributed by atoms with Gasteiger partial charge in [0.15, 0.2) is 9.84 Å². The molecule has 2 aromatic heterocycles. The zero-order valence-corrected chi connectivity index (χ0v) is 17.1. The van der Waals surface area contributed by atoms with E-state index in [1.807, 2.05) is 47.8 Å². The minimum absolute atomic E-state index is 0.0672. The van der Waals surface area contributed by atoms with Crippen molar-refractivity contribution < 1.29 is 13.2 Å². The summed E-state index contributed by atoms with van der Waals surface area (Å²) < 4.78 is 25.7. The van der Waals surface area contributed by atoms with Crippen LogP contribution in [0.15, 0.2) is 83.1 Å². The first-order valence-corrected chi connectivity index (χ1v) is 11.5. The van der Waals surface area contributed by atoms with E-state index in [9.17, 15) is 13.2 Å². The maximum Gasteiger partial charge on any atom is 0.274 e. The number of hydrogen-bond acceptors (Lipinski definition) is 5. The third-order valence-corrected chi connectivity index (χ3v) is 6.30. The Bertz CT molecular complexity index is 1260. The summed E-state index contributed by atoms with van der Waals surface area (Å²) in [7, 11) is -3.49. The van der Waals surface area contributed by atoms with Crippen LogP contribution in [-0.4, -0.2) is 30.4 Å². The van der Waals surface area contributed by atoms with Crippen molar-refractivity contribution in [3.05, 3.63) is 83.9 Å². The van der Waals surface area contributed by atoms with E-state index < -0.39 is 15.7 Å². The van der Waals surface area contributed by atoms with E-state index in [4.69, 9.17) is 0 Å². The Morgan fingerprint density at radius 3 is 2.41 bits per heavy atom. The summed E-state index contributed by atoms with van der Waals surface area (Å²) in [6, 6.07) is 21.2. The number of hydrogen-bond donors (Lipinski definition) is 1. The number of thiophene rings is 1. The second-order valence-corrected chi connectivity index (χ2v) is 9.29. The Morgan fingerprint density at radius 1 is 1.00 bits per heavy atom. The van der Waals surface area contributed by atoms with Crippen LogP contribution in [0.25, 0.3) is 16.3 Å². The maximum atomic E-state index is 13.1. The summed E-state index contributed by atoms with van der Waals surface area (Å²) in [6.45, 7) is 0. The number of amides is 1. The lowest BCUT2D eigenvalue weighted by Crippen LogP contribution is -2.18. The molecule has 0 bridgehead atoms. The zero-order chi connectivity index (χ0) is 20.4. The monoisotopic (exact) mass is 423 g/mol. The van der Waals surface area contributed by atoms with Crippen molar-refractivity contribution in [2.24, 2.45) is 0 Å². The molecule has 6 nitrogen and oxygen atoms in total. The van der Waals surface area contributed by atoms with Crippen LogP contribution in [0.5, 0.6) is 0 Å². The molecule has 0 radical (unpaired) electrons. The number of sulfone groups is 1. The molecular formula is C21H17N3O3S2. The molecule has 2 aromatic carbocycles. The van der Waals surface area contributed by atoms with Gasteiger partial charge in [-0.15, -0.1) is 11.3 Å². The summed E-state index contributed by atoms with van der Waals surface area (Å²) in [4.78, 5) is 14.1. The number of rotatable bonds is 5. The fourth-order valence-corrected chi connectivity index (χ4v) is 4.46. The molecule has 4 aromatic rings. The van der Waals surface area contributed by atoms with Crippen LogP contribution in [0.2, 0.25) is 0 Å². The van der Waals surface area contributed by atoms with Gasteiger partial charge >= 0.3 is 0 Å². The molecule has 29 heavy (non-hydrogen) atoms. The summed E-state index contributed by atoms with van der Waals surface area (Å²) in [5.41, 5.74) is 1.95. The third kappa shape index (κ3) is 3.98. The minimum atomic E-state index is -3.49. The molecule has 0 saturated heterocycles. The van der Waals surface area contributed by atoms with Crippen LogP contribution in [0, 0.1) is 0 Å². The van der Waals surface area contributed by atoms with Crippen LogP contribution in [0.3, 0.4) is 0 Å². The number of anilines is 1. The molecule has 0 aliphatic heterocycles. The molecule has 0 spiro atoms. The molecule has 1 amide bonds. The number of aromatic nitrogens is 2. The summed E-state index contributed by atoms with van der Waals surface area (Å²) in [6.07, 6.45) is 1.11. The first-order chi connectivity index (χ1) is 13.9. The Kier molecular flexibility index (Phi) is 5.04. The predicted octanol–water partition coefficient (Wildman–Crippen LogP) is 4.26. The van der Waals surface area contributed by atoms with Gasteiger partial charge in [-0.05, 0) is 41.8 Å². The highest BCUT2D eigenvalue weighted by molar-refractivity contribution is 7.90. The smallest absolute Gasteiger partial charge is 0.274 e. The number of nitrogens with one attached hydrogen (secondary N) is 1. The van der Waals surface area contributed by atoms with Gasteiger partial charge in [-0.2, -0.15) is 5.10 Å². The highest BCUT2D eigenvalue weighted by Crippen LogP contribution is 2.27. The number of benzene rings is 2. The fourth-order valence-electron chi connectivity index (χ4n) is 2.93. The van der Waals surface area contributed by atoms with Gasteiger partial charge in [-0.25, -0.2) is 13.1 Å². The zero-order valence-electron chi connectivity index (χ0n) is 15.4. The second-order valence-electron chi connectivity index (χ2n) is 6.36. The topological polar surface area (TPSA) is 81.1 Å². The van der Waals surface area contributed by atoms with E-state index in [0.717, 1.165) is 16.8 Å². The molecule has 8 heteroatoms. The van der Waals surface area contributed by atoms with Crippen molar-refractivity contribution in [3.63, 3.8) is 0 Å². The number of para-hydroxylation sites is 2. The highest BCUT2D eigenvalue weighted by Gasteiger charge is 2.21. The van der Waals surface area contributed by atoms with Crippen molar-refractivity contribution in [2.75, 3.05) is 11.6 Å². The molecule has 0 aliphatic carbocycles. The number of nitrogens with zero attached hydrogens (tertiary/aromatic N) is 2. The van der Waals surface area contributed by atoms with Crippen LogP contribution in [-0.2, 0) is 9.84 Å². The Morgan fingerprint density at radius 2 is 1.72 bits per heavy atom. The van der Waals surface area contributed by atoms with Crippen molar-refractivity contribution in [2.45, 2.75) is 4.90 Å². The average Bonchev–Trinajstić information content (AvgIpc) is 3.38. The largest absolute Gasteiger partial charge is 0.319 e. The number of carbonyl (C=O) groups is 1. The molecule has 0 unspecified atom stereocenters. The van der Waals surface area contributed by atoms with Crippen LogP contribution in [0.4, 0.5) is 5.69 Å². The van der Waals surface area contributed by atoms with Crippen LogP contribution in [0.1, 0.15) is 10.5 Å². The van der Waals surface area contributed by atoms with Crippen molar-refractivity contribution >= 4 is 32.8 Å². The van der Waals surface area contributed by atoms with Gasteiger partial charge in [-0.3, -0.25) is 4.79 Å². The molecule has 0 fully saturated rings. The van der Waals surface area contributed by atoms with Crippen molar-refractivity contribution in [1.29, 1.82) is 0 Å². The highest BCUT2D eigenvalue weighted by atomic mass is 32.2. The molecule has 146 valence electrons. The van der Waals surface area contributed by atoms with E-state index in [1.165, 1.54) is 17.4 Å². The second kappa shape index (κ2) is 7.65. The Hall–Kier alpha value is -3.23. The third-order valence-electron chi connectivity index (χ3n) is 4.25. The molecule has 2 heterocycles. The van der Waals surface area contributed by atoms with Gasteiger partial charge < -0.3 is 5.32 Å². The lowest BCUT2D eigenvalue weighted by Gasteiger charge is -2.11. The molecular weight excluding hydrogens is 406 g/mol. The summed E-state index contributed by atoms with van der Waals surface area (Å²) in [5, 5.41) is 9.27. The molecule has 0 aliphatic rings. The van der Waals surface area contributed by atoms with Gasteiger partial charge in [-0.1, -0.05) is 36.4 Å². The van der Waals surface area contributed by atoms with Crippen molar-refractivity contribution in [1.82, 2.24) is 9.78 Å².